The van der Waals surface area contributed by atoms with Gasteiger partial charge in [0.25, 0.3) is 0 Å². The topological polar surface area (TPSA) is 61.9 Å². The molecule has 0 aliphatic carbocycles. The van der Waals surface area contributed by atoms with E-state index in [1.807, 2.05) is 6.07 Å². The van der Waals surface area contributed by atoms with Crippen molar-refractivity contribution < 1.29 is 0 Å². The molecule has 0 spiro atoms. The highest BCUT2D eigenvalue weighted by Crippen LogP contribution is 2.32. The van der Waals surface area contributed by atoms with Crippen LogP contribution in [0.15, 0.2) is 48.7 Å². The predicted octanol–water partition coefficient (Wildman–Crippen LogP) is 5.76. The summed E-state index contributed by atoms with van der Waals surface area (Å²) in [5.41, 5.74) is 4.76. The molecule has 1 fully saturated rings. The van der Waals surface area contributed by atoms with Gasteiger partial charge in [-0.15, -0.1) is 0 Å². The van der Waals surface area contributed by atoms with E-state index >= 15 is 0 Å². The largest absolute Gasteiger partial charge is 0.338 e. The van der Waals surface area contributed by atoms with Crippen LogP contribution in [0, 0.1) is 6.92 Å². The lowest BCUT2D eigenvalue weighted by molar-refractivity contribution is 0.459. The molecular weight excluding hydrogens is 425 g/mol. The van der Waals surface area contributed by atoms with Crippen molar-refractivity contribution in [3.05, 3.63) is 64.8 Å². The van der Waals surface area contributed by atoms with Crippen molar-refractivity contribution in [2.75, 3.05) is 37.1 Å². The number of benzene rings is 2. The molecule has 4 rings (SSSR count). The molecule has 7 heteroatoms. The van der Waals surface area contributed by atoms with Gasteiger partial charge in [-0.2, -0.15) is 4.98 Å². The lowest BCUT2D eigenvalue weighted by atomic mass is 9.87. The fraction of sp³-hybridized carbons (Fsp3) is 0.333. The third-order valence-electron chi connectivity index (χ3n) is 5.69. The molecule has 5 nitrogen and oxygen atoms in total. The maximum absolute atomic E-state index is 6.40. The molecule has 0 saturated carbocycles. The number of hydrogen-bond acceptors (Lipinski definition) is 5. The number of hydrogen-bond donors (Lipinski definition) is 3. The first-order chi connectivity index (χ1) is 15.0. The van der Waals surface area contributed by atoms with Crippen molar-refractivity contribution in [1.29, 1.82) is 0 Å². The van der Waals surface area contributed by atoms with E-state index in [-0.39, 0.29) is 7.92 Å². The van der Waals surface area contributed by atoms with Crippen LogP contribution in [0.2, 0.25) is 5.02 Å². The van der Waals surface area contributed by atoms with E-state index in [4.69, 9.17) is 11.6 Å². The Kier molecular flexibility index (Phi) is 7.06. The Balaban J connectivity index is 1.53. The first-order valence-corrected chi connectivity index (χ1v) is 13.3. The minimum atomic E-state index is -0.251. The van der Waals surface area contributed by atoms with Crippen LogP contribution >= 0.6 is 19.5 Å². The Morgan fingerprint density at radius 3 is 2.58 bits per heavy atom. The number of aryl methyl sites for hydroxylation is 1. The van der Waals surface area contributed by atoms with Gasteiger partial charge in [-0.05, 0) is 86.7 Å². The van der Waals surface area contributed by atoms with E-state index in [1.54, 1.807) is 6.20 Å². The van der Waals surface area contributed by atoms with Crippen molar-refractivity contribution >= 4 is 48.0 Å². The zero-order valence-electron chi connectivity index (χ0n) is 18.2. The fourth-order valence-corrected chi connectivity index (χ4v) is 5.22. The summed E-state index contributed by atoms with van der Waals surface area (Å²) < 4.78 is 0. The Morgan fingerprint density at radius 2 is 1.84 bits per heavy atom. The van der Waals surface area contributed by atoms with Gasteiger partial charge in [0.1, 0.15) is 5.02 Å². The van der Waals surface area contributed by atoms with Gasteiger partial charge >= 0.3 is 0 Å². The third kappa shape index (κ3) is 5.35. The van der Waals surface area contributed by atoms with Gasteiger partial charge in [0, 0.05) is 11.4 Å². The normalized spacial score (nSPS) is 14.6. The average Bonchev–Trinajstić information content (AvgIpc) is 2.77. The molecule has 0 amide bonds. The number of piperidine rings is 1. The minimum Gasteiger partial charge on any atom is -0.338 e. The summed E-state index contributed by atoms with van der Waals surface area (Å²) in [7, 11) is -0.251. The number of rotatable bonds is 6. The predicted molar refractivity (Wildman–Crippen MR) is 134 cm³/mol. The quantitative estimate of drug-likeness (QED) is 0.414. The standard InChI is InChI=1S/C24H29ClN5P/c1-16-14-18(8-9-19(16)17-10-12-26-13-11-17)28-24-27-15-20(25)23(30-24)29-21-6-4-5-7-22(21)31(2)3/h4-9,14-15,17,26H,10-13H2,1-3H3,(H2,27,28,29,30). The Bertz CT molecular complexity index is 1050. The number of nitrogens with one attached hydrogen (secondary N) is 3. The smallest absolute Gasteiger partial charge is 0.229 e. The van der Waals surface area contributed by atoms with E-state index in [1.165, 1.54) is 29.3 Å². The number of halogens is 1. The van der Waals surface area contributed by atoms with Crippen LogP contribution in [0.3, 0.4) is 0 Å². The molecule has 0 atom stereocenters. The molecule has 2 heterocycles. The maximum atomic E-state index is 6.40. The molecule has 2 aromatic carbocycles. The highest BCUT2D eigenvalue weighted by atomic mass is 35.5. The third-order valence-corrected chi connectivity index (χ3v) is 7.32. The summed E-state index contributed by atoms with van der Waals surface area (Å²) in [6.45, 7) is 8.85. The van der Waals surface area contributed by atoms with Gasteiger partial charge in [0.05, 0.1) is 6.20 Å². The lowest BCUT2D eigenvalue weighted by Gasteiger charge is -2.24. The summed E-state index contributed by atoms with van der Waals surface area (Å²) in [5.74, 6) is 1.76. The second-order valence-corrected chi connectivity index (χ2v) is 10.8. The van der Waals surface area contributed by atoms with Gasteiger partial charge in [0.2, 0.25) is 5.95 Å². The molecule has 1 saturated heterocycles. The molecule has 3 aromatic rings. The minimum absolute atomic E-state index is 0.251. The molecule has 3 N–H and O–H groups in total. The van der Waals surface area contributed by atoms with Crippen LogP contribution in [0.4, 0.5) is 23.1 Å². The molecule has 162 valence electrons. The first kappa shape index (κ1) is 22.0. The Hall–Kier alpha value is -2.20. The van der Waals surface area contributed by atoms with E-state index in [2.05, 4.69) is 82.6 Å². The van der Waals surface area contributed by atoms with Gasteiger partial charge in [-0.25, -0.2) is 4.98 Å². The van der Waals surface area contributed by atoms with E-state index in [0.717, 1.165) is 24.5 Å². The van der Waals surface area contributed by atoms with Crippen LogP contribution in [-0.2, 0) is 0 Å². The van der Waals surface area contributed by atoms with Crippen LogP contribution < -0.4 is 21.3 Å². The monoisotopic (exact) mass is 453 g/mol. The zero-order valence-corrected chi connectivity index (χ0v) is 19.9. The average molecular weight is 454 g/mol. The van der Waals surface area contributed by atoms with Gasteiger partial charge < -0.3 is 16.0 Å². The molecule has 0 bridgehead atoms. The number of anilines is 4. The van der Waals surface area contributed by atoms with E-state index < -0.39 is 0 Å². The Morgan fingerprint density at radius 1 is 1.06 bits per heavy atom. The maximum Gasteiger partial charge on any atom is 0.229 e. The van der Waals surface area contributed by atoms with Gasteiger partial charge in [0.15, 0.2) is 5.82 Å². The summed E-state index contributed by atoms with van der Waals surface area (Å²) in [4.78, 5) is 9.02. The summed E-state index contributed by atoms with van der Waals surface area (Å²) in [6, 6.07) is 14.8. The van der Waals surface area contributed by atoms with Crippen LogP contribution in [-0.4, -0.2) is 36.4 Å². The van der Waals surface area contributed by atoms with Crippen molar-refractivity contribution in [3.8, 4) is 0 Å². The molecule has 1 aromatic heterocycles. The second kappa shape index (κ2) is 9.95. The zero-order chi connectivity index (χ0) is 21.8. The van der Waals surface area contributed by atoms with E-state index in [0.29, 0.717) is 22.7 Å². The molecular formula is C24H29ClN5P. The molecule has 31 heavy (non-hydrogen) atoms. The van der Waals surface area contributed by atoms with E-state index in [9.17, 15) is 0 Å². The summed E-state index contributed by atoms with van der Waals surface area (Å²) >= 11 is 6.40. The Labute approximate surface area is 190 Å². The summed E-state index contributed by atoms with van der Waals surface area (Å²) in [6.07, 6.45) is 4.03. The van der Waals surface area contributed by atoms with Crippen molar-refractivity contribution in [1.82, 2.24) is 15.3 Å². The van der Waals surface area contributed by atoms with Crippen LogP contribution in [0.5, 0.6) is 0 Å². The fourth-order valence-electron chi connectivity index (χ4n) is 4.09. The summed E-state index contributed by atoms with van der Waals surface area (Å²) in [5, 5.41) is 12.0. The first-order valence-electron chi connectivity index (χ1n) is 10.7. The highest BCUT2D eigenvalue weighted by Gasteiger charge is 2.17. The number of aromatic nitrogens is 2. The highest BCUT2D eigenvalue weighted by molar-refractivity contribution is 7.64. The van der Waals surface area contributed by atoms with Gasteiger partial charge in [-0.1, -0.05) is 43.8 Å². The van der Waals surface area contributed by atoms with Crippen molar-refractivity contribution in [2.24, 2.45) is 0 Å². The van der Waals surface area contributed by atoms with Gasteiger partial charge in [-0.3, -0.25) is 0 Å². The number of para-hydroxylation sites is 1. The molecule has 0 unspecified atom stereocenters. The number of nitrogens with zero attached hydrogens (tertiary/aromatic N) is 2. The molecule has 1 aliphatic heterocycles. The van der Waals surface area contributed by atoms with Crippen LogP contribution in [0.1, 0.15) is 29.9 Å². The van der Waals surface area contributed by atoms with Crippen molar-refractivity contribution in [2.45, 2.75) is 25.7 Å². The van der Waals surface area contributed by atoms with Crippen molar-refractivity contribution in [3.63, 3.8) is 0 Å². The second-order valence-electron chi connectivity index (χ2n) is 8.15. The molecule has 1 aliphatic rings. The van der Waals surface area contributed by atoms with Crippen LogP contribution in [0.25, 0.3) is 0 Å². The SMILES string of the molecule is Cc1cc(Nc2ncc(Cl)c(Nc3ccccc3P(C)C)n2)ccc1C1CCNCC1. The molecule has 0 radical (unpaired) electrons. The lowest BCUT2D eigenvalue weighted by Crippen LogP contribution is -2.26.